The van der Waals surface area contributed by atoms with Gasteiger partial charge in [-0.25, -0.2) is 19.2 Å². The van der Waals surface area contributed by atoms with Gasteiger partial charge in [0.15, 0.2) is 5.82 Å². The predicted molar refractivity (Wildman–Crippen MR) is 113 cm³/mol. The Morgan fingerprint density at radius 3 is 2.43 bits per heavy atom. The van der Waals surface area contributed by atoms with Crippen LogP contribution >= 0.6 is 0 Å². The van der Waals surface area contributed by atoms with Gasteiger partial charge in [0.1, 0.15) is 17.3 Å². The van der Waals surface area contributed by atoms with E-state index >= 15 is 0 Å². The topological polar surface area (TPSA) is 75.6 Å². The van der Waals surface area contributed by atoms with Gasteiger partial charge in [0.25, 0.3) is 0 Å². The first-order valence-corrected chi connectivity index (χ1v) is 9.20. The van der Waals surface area contributed by atoms with Crippen LogP contribution in [0.4, 0.5) is 20.7 Å². The molecular formula is C23H18FN3O3. The van der Waals surface area contributed by atoms with E-state index in [-0.39, 0.29) is 11.6 Å². The van der Waals surface area contributed by atoms with E-state index in [1.54, 1.807) is 18.2 Å². The normalized spacial score (nSPS) is 10.8. The molecule has 0 unspecified atom stereocenters. The standard InChI is InChI=1S/C23H18FN3O3/c1-14-5-3-4-6-20(14)27(2)22-21(15-7-9-16(24)10-8-15)25-18-12-11-17(30-23(28)29)13-19(18)26-22/h3-13H,1-2H3,(H,28,29). The Kier molecular flexibility index (Phi) is 5.02. The fourth-order valence-electron chi connectivity index (χ4n) is 3.28. The predicted octanol–water partition coefficient (Wildman–Crippen LogP) is 5.57. The molecule has 0 aliphatic carbocycles. The zero-order valence-corrected chi connectivity index (χ0v) is 16.3. The molecule has 0 atom stereocenters. The highest BCUT2D eigenvalue weighted by atomic mass is 19.1. The van der Waals surface area contributed by atoms with Gasteiger partial charge in [-0.15, -0.1) is 0 Å². The summed E-state index contributed by atoms with van der Waals surface area (Å²) in [7, 11) is 1.88. The number of anilines is 2. The number of benzene rings is 3. The number of carboxylic acid groups (broad SMARTS) is 1. The smallest absolute Gasteiger partial charge is 0.449 e. The first kappa shape index (κ1) is 19.3. The van der Waals surface area contributed by atoms with Gasteiger partial charge < -0.3 is 14.7 Å². The molecule has 7 heteroatoms. The van der Waals surface area contributed by atoms with Crippen LogP contribution in [0.1, 0.15) is 5.56 Å². The fourth-order valence-corrected chi connectivity index (χ4v) is 3.28. The molecule has 0 saturated heterocycles. The van der Waals surface area contributed by atoms with E-state index in [9.17, 15) is 9.18 Å². The number of fused-ring (bicyclic) bond motifs is 1. The highest BCUT2D eigenvalue weighted by Gasteiger charge is 2.18. The Morgan fingerprint density at radius 1 is 1.00 bits per heavy atom. The molecule has 0 aliphatic heterocycles. The summed E-state index contributed by atoms with van der Waals surface area (Å²) in [5, 5.41) is 8.88. The molecule has 0 fully saturated rings. The van der Waals surface area contributed by atoms with Crippen molar-refractivity contribution < 1.29 is 19.0 Å². The zero-order chi connectivity index (χ0) is 21.3. The Morgan fingerprint density at radius 2 is 1.73 bits per heavy atom. The molecule has 6 nitrogen and oxygen atoms in total. The average molecular weight is 403 g/mol. The maximum atomic E-state index is 13.5. The van der Waals surface area contributed by atoms with Crippen LogP contribution < -0.4 is 9.64 Å². The van der Waals surface area contributed by atoms with Crippen molar-refractivity contribution in [2.75, 3.05) is 11.9 Å². The number of para-hydroxylation sites is 1. The molecule has 1 heterocycles. The molecule has 0 bridgehead atoms. The first-order chi connectivity index (χ1) is 14.4. The lowest BCUT2D eigenvalue weighted by molar-refractivity contribution is 0.144. The number of rotatable bonds is 4. The van der Waals surface area contributed by atoms with E-state index in [1.807, 2.05) is 43.1 Å². The minimum Gasteiger partial charge on any atom is -0.449 e. The van der Waals surface area contributed by atoms with E-state index in [4.69, 9.17) is 19.8 Å². The fraction of sp³-hybridized carbons (Fsp3) is 0.0870. The van der Waals surface area contributed by atoms with Crippen LogP contribution in [0.25, 0.3) is 22.3 Å². The lowest BCUT2D eigenvalue weighted by Gasteiger charge is -2.23. The summed E-state index contributed by atoms with van der Waals surface area (Å²) in [6.07, 6.45) is -1.40. The highest BCUT2D eigenvalue weighted by Crippen LogP contribution is 2.35. The summed E-state index contributed by atoms with van der Waals surface area (Å²) >= 11 is 0. The van der Waals surface area contributed by atoms with Crippen LogP contribution in [-0.4, -0.2) is 28.3 Å². The number of nitrogens with zero attached hydrogens (tertiary/aromatic N) is 3. The second kappa shape index (κ2) is 7.79. The molecule has 0 saturated carbocycles. The van der Waals surface area contributed by atoms with Crippen LogP contribution in [0.15, 0.2) is 66.7 Å². The molecule has 4 aromatic rings. The number of aryl methyl sites for hydroxylation is 1. The van der Waals surface area contributed by atoms with E-state index in [0.717, 1.165) is 11.3 Å². The summed E-state index contributed by atoms with van der Waals surface area (Å²) in [6, 6.07) is 18.6. The monoisotopic (exact) mass is 403 g/mol. The summed E-state index contributed by atoms with van der Waals surface area (Å²) in [5.41, 5.74) is 4.33. The van der Waals surface area contributed by atoms with E-state index in [2.05, 4.69) is 0 Å². The van der Waals surface area contributed by atoms with Crippen molar-refractivity contribution in [1.82, 2.24) is 9.97 Å². The third-order valence-corrected chi connectivity index (χ3v) is 4.73. The summed E-state index contributed by atoms with van der Waals surface area (Å²) in [6.45, 7) is 2.00. The van der Waals surface area contributed by atoms with Crippen molar-refractivity contribution in [3.63, 3.8) is 0 Å². The van der Waals surface area contributed by atoms with Crippen molar-refractivity contribution in [2.24, 2.45) is 0 Å². The van der Waals surface area contributed by atoms with Crippen LogP contribution in [0.5, 0.6) is 5.75 Å². The van der Waals surface area contributed by atoms with Gasteiger partial charge in [0.2, 0.25) is 0 Å². The third kappa shape index (κ3) is 3.77. The molecule has 30 heavy (non-hydrogen) atoms. The Balaban J connectivity index is 1.93. The number of ether oxygens (including phenoxy) is 1. The van der Waals surface area contributed by atoms with Gasteiger partial charge in [-0.05, 0) is 55.0 Å². The lowest BCUT2D eigenvalue weighted by Crippen LogP contribution is -2.15. The van der Waals surface area contributed by atoms with Gasteiger partial charge in [-0.1, -0.05) is 18.2 Å². The van der Waals surface area contributed by atoms with Crippen molar-refractivity contribution in [2.45, 2.75) is 6.92 Å². The van der Waals surface area contributed by atoms with Gasteiger partial charge in [0.05, 0.1) is 11.0 Å². The number of hydrogen-bond donors (Lipinski definition) is 1. The Hall–Kier alpha value is -4.00. The van der Waals surface area contributed by atoms with Crippen LogP contribution in [0, 0.1) is 12.7 Å². The molecule has 150 valence electrons. The van der Waals surface area contributed by atoms with E-state index in [0.29, 0.717) is 28.1 Å². The number of hydrogen-bond acceptors (Lipinski definition) is 5. The van der Waals surface area contributed by atoms with Gasteiger partial charge >= 0.3 is 6.16 Å². The van der Waals surface area contributed by atoms with Crippen LogP contribution in [0.2, 0.25) is 0 Å². The Labute approximate surface area is 172 Å². The Bertz CT molecular complexity index is 1240. The highest BCUT2D eigenvalue weighted by molar-refractivity contribution is 5.86. The molecule has 1 aromatic heterocycles. The lowest BCUT2D eigenvalue weighted by atomic mass is 10.1. The van der Waals surface area contributed by atoms with Gasteiger partial charge in [0, 0.05) is 24.4 Å². The minimum atomic E-state index is -1.40. The molecule has 0 amide bonds. The van der Waals surface area contributed by atoms with Crippen LogP contribution in [-0.2, 0) is 0 Å². The number of halogens is 1. The van der Waals surface area contributed by atoms with E-state index in [1.165, 1.54) is 24.3 Å². The molecule has 1 N–H and O–H groups in total. The molecule has 0 spiro atoms. The third-order valence-electron chi connectivity index (χ3n) is 4.73. The molecule has 4 rings (SSSR count). The van der Waals surface area contributed by atoms with Gasteiger partial charge in [-0.2, -0.15) is 0 Å². The van der Waals surface area contributed by atoms with Crippen molar-refractivity contribution in [1.29, 1.82) is 0 Å². The first-order valence-electron chi connectivity index (χ1n) is 9.20. The molecule has 0 radical (unpaired) electrons. The maximum Gasteiger partial charge on any atom is 0.511 e. The largest absolute Gasteiger partial charge is 0.511 e. The maximum absolute atomic E-state index is 13.5. The van der Waals surface area contributed by atoms with Crippen molar-refractivity contribution in [3.8, 4) is 17.0 Å². The summed E-state index contributed by atoms with van der Waals surface area (Å²) in [5.74, 6) is 0.371. The molecular weight excluding hydrogens is 385 g/mol. The summed E-state index contributed by atoms with van der Waals surface area (Å²) in [4.78, 5) is 22.3. The quantitative estimate of drug-likeness (QED) is 0.355. The number of aromatic nitrogens is 2. The SMILES string of the molecule is Cc1ccccc1N(C)c1nc2cc(OC(=O)O)ccc2nc1-c1ccc(F)cc1. The van der Waals surface area contributed by atoms with Crippen molar-refractivity contribution in [3.05, 3.63) is 78.1 Å². The second-order valence-corrected chi connectivity index (χ2v) is 6.77. The molecule has 0 aliphatic rings. The van der Waals surface area contributed by atoms with Gasteiger partial charge in [-0.3, -0.25) is 0 Å². The van der Waals surface area contributed by atoms with E-state index < -0.39 is 6.16 Å². The molecule has 3 aromatic carbocycles. The zero-order valence-electron chi connectivity index (χ0n) is 16.3. The minimum absolute atomic E-state index is 0.156. The second-order valence-electron chi connectivity index (χ2n) is 6.77. The number of carbonyl (C=O) groups is 1. The van der Waals surface area contributed by atoms with Crippen LogP contribution in [0.3, 0.4) is 0 Å². The average Bonchev–Trinajstić information content (AvgIpc) is 2.73. The summed E-state index contributed by atoms with van der Waals surface area (Å²) < 4.78 is 18.2. The van der Waals surface area contributed by atoms with Crippen molar-refractivity contribution >= 4 is 28.7 Å².